The number of hydrogen-bond donors (Lipinski definition) is 1. The van der Waals surface area contributed by atoms with E-state index in [1.54, 1.807) is 11.9 Å². The number of anilines is 2. The number of benzene rings is 2. The van der Waals surface area contributed by atoms with Crippen LogP contribution in [0.3, 0.4) is 0 Å². The van der Waals surface area contributed by atoms with Gasteiger partial charge in [0.2, 0.25) is 0 Å². The van der Waals surface area contributed by atoms with Crippen molar-refractivity contribution in [3.8, 4) is 11.5 Å². The van der Waals surface area contributed by atoms with Crippen LogP contribution >= 0.6 is 0 Å². The normalized spacial score (nSPS) is 16.7. The van der Waals surface area contributed by atoms with Crippen LogP contribution in [0.25, 0.3) is 0 Å². The van der Waals surface area contributed by atoms with Gasteiger partial charge in [-0.15, -0.1) is 0 Å². The number of morpholine rings is 1. The number of carbonyl (C=O) groups is 1. The molecule has 0 aromatic heterocycles. The molecule has 0 radical (unpaired) electrons. The summed E-state index contributed by atoms with van der Waals surface area (Å²) < 4.78 is 17.4. The Morgan fingerprint density at radius 3 is 2.61 bits per heavy atom. The predicted molar refractivity (Wildman–Crippen MR) is 123 cm³/mol. The monoisotopic (exact) mass is 427 g/mol. The maximum atomic E-state index is 12.3. The minimum atomic E-state index is -0.532. The van der Waals surface area contributed by atoms with Crippen molar-refractivity contribution in [1.82, 2.24) is 4.90 Å². The van der Waals surface area contributed by atoms with E-state index in [0.717, 1.165) is 22.7 Å². The van der Waals surface area contributed by atoms with Gasteiger partial charge in [-0.3, -0.25) is 0 Å². The van der Waals surface area contributed by atoms with Gasteiger partial charge in [0.15, 0.2) is 0 Å². The molecule has 2 aromatic rings. The average molecular weight is 428 g/mol. The molecule has 0 bridgehead atoms. The highest BCUT2D eigenvalue weighted by Crippen LogP contribution is 2.37. The number of hydrogen-bond acceptors (Lipinski definition) is 6. The van der Waals surface area contributed by atoms with Gasteiger partial charge in [0.25, 0.3) is 0 Å². The third-order valence-electron chi connectivity index (χ3n) is 5.02. The van der Waals surface area contributed by atoms with Crippen molar-refractivity contribution in [3.63, 3.8) is 0 Å². The van der Waals surface area contributed by atoms with Crippen molar-refractivity contribution in [2.45, 2.75) is 39.4 Å². The zero-order chi connectivity index (χ0) is 22.6. The van der Waals surface area contributed by atoms with Crippen molar-refractivity contribution in [3.05, 3.63) is 48.0 Å². The number of amides is 1. The Balaban J connectivity index is 1.72. The summed E-state index contributed by atoms with van der Waals surface area (Å²) in [5.41, 5.74) is 8.44. The standard InChI is InChI=1S/C24H33N3O4/c1-17-21(30-18-9-7-6-8-10-18)12-11-20(25)22(17)27-13-14-29-19(16-27)15-26(5)23(28)31-24(2,3)4/h6-12,19H,13-16,25H2,1-5H3/t19-/m0/s1. The van der Waals surface area contributed by atoms with Crippen molar-refractivity contribution in [2.75, 3.05) is 43.9 Å². The van der Waals surface area contributed by atoms with Crippen molar-refractivity contribution in [2.24, 2.45) is 0 Å². The van der Waals surface area contributed by atoms with Crippen molar-refractivity contribution < 1.29 is 19.0 Å². The number of carbonyl (C=O) groups excluding carboxylic acids is 1. The van der Waals surface area contributed by atoms with E-state index in [1.165, 1.54) is 0 Å². The Labute approximate surface area is 184 Å². The molecular weight excluding hydrogens is 394 g/mol. The molecule has 0 spiro atoms. The van der Waals surface area contributed by atoms with Crippen LogP contribution in [-0.2, 0) is 9.47 Å². The molecule has 1 aliphatic rings. The summed E-state index contributed by atoms with van der Waals surface area (Å²) in [6, 6.07) is 13.5. The minimum Gasteiger partial charge on any atom is -0.457 e. The lowest BCUT2D eigenvalue weighted by Crippen LogP contribution is -2.49. The summed E-state index contributed by atoms with van der Waals surface area (Å²) in [4.78, 5) is 16.1. The zero-order valence-electron chi connectivity index (χ0n) is 19.1. The van der Waals surface area contributed by atoms with Gasteiger partial charge in [0, 0.05) is 25.7 Å². The van der Waals surface area contributed by atoms with Crippen LogP contribution in [0.2, 0.25) is 0 Å². The second-order valence-corrected chi connectivity index (χ2v) is 8.84. The first-order valence-electron chi connectivity index (χ1n) is 10.6. The van der Waals surface area contributed by atoms with Crippen LogP contribution in [0, 0.1) is 6.92 Å². The Morgan fingerprint density at radius 2 is 1.94 bits per heavy atom. The predicted octanol–water partition coefficient (Wildman–Crippen LogP) is 4.44. The van der Waals surface area contributed by atoms with E-state index in [0.29, 0.717) is 31.9 Å². The van der Waals surface area contributed by atoms with E-state index < -0.39 is 5.60 Å². The smallest absolute Gasteiger partial charge is 0.410 e. The largest absolute Gasteiger partial charge is 0.457 e. The summed E-state index contributed by atoms with van der Waals surface area (Å²) in [5.74, 6) is 1.55. The summed E-state index contributed by atoms with van der Waals surface area (Å²) in [6.45, 7) is 9.90. The first-order chi connectivity index (χ1) is 14.6. The molecule has 1 fully saturated rings. The van der Waals surface area contributed by atoms with Gasteiger partial charge < -0.3 is 29.7 Å². The molecule has 0 unspecified atom stereocenters. The number of para-hydroxylation sites is 1. The fourth-order valence-corrected chi connectivity index (χ4v) is 3.60. The molecule has 2 N–H and O–H groups in total. The number of nitrogens with zero attached hydrogens (tertiary/aromatic N) is 2. The molecule has 1 heterocycles. The van der Waals surface area contributed by atoms with Crippen molar-refractivity contribution in [1.29, 1.82) is 0 Å². The number of rotatable bonds is 5. The van der Waals surface area contributed by atoms with Gasteiger partial charge in [-0.05, 0) is 52.0 Å². The Morgan fingerprint density at radius 1 is 1.23 bits per heavy atom. The first-order valence-corrected chi connectivity index (χ1v) is 10.6. The lowest BCUT2D eigenvalue weighted by molar-refractivity contribution is -0.00134. The topological polar surface area (TPSA) is 77.3 Å². The Kier molecular flexibility index (Phi) is 6.95. The second kappa shape index (κ2) is 9.47. The molecular formula is C24H33N3O4. The molecule has 7 heteroatoms. The maximum absolute atomic E-state index is 12.3. The maximum Gasteiger partial charge on any atom is 0.410 e. The highest BCUT2D eigenvalue weighted by molar-refractivity contribution is 5.75. The molecule has 31 heavy (non-hydrogen) atoms. The SMILES string of the molecule is Cc1c(Oc2ccccc2)ccc(N)c1N1CCO[C@@H](CN(C)C(=O)OC(C)(C)C)C1. The molecule has 1 saturated heterocycles. The summed E-state index contributed by atoms with van der Waals surface area (Å²) >= 11 is 0. The van der Waals surface area contributed by atoms with Crippen LogP contribution in [0.15, 0.2) is 42.5 Å². The molecule has 1 atom stereocenters. The Hall–Kier alpha value is -2.93. The van der Waals surface area contributed by atoms with Gasteiger partial charge >= 0.3 is 6.09 Å². The number of likely N-dealkylation sites (N-methyl/N-ethyl adjacent to an activating group) is 1. The molecule has 2 aromatic carbocycles. The minimum absolute atomic E-state index is 0.149. The molecule has 7 nitrogen and oxygen atoms in total. The van der Waals surface area contributed by atoms with Gasteiger partial charge in [-0.1, -0.05) is 18.2 Å². The van der Waals surface area contributed by atoms with Gasteiger partial charge in [-0.2, -0.15) is 0 Å². The number of nitrogens with two attached hydrogens (primary N) is 1. The van der Waals surface area contributed by atoms with Crippen LogP contribution in [0.4, 0.5) is 16.2 Å². The molecule has 0 saturated carbocycles. The third-order valence-corrected chi connectivity index (χ3v) is 5.02. The summed E-state index contributed by atoms with van der Waals surface area (Å²) in [5, 5.41) is 0. The van der Waals surface area contributed by atoms with Crippen LogP contribution in [-0.4, -0.2) is 56.0 Å². The molecule has 1 aliphatic heterocycles. The van der Waals surface area contributed by atoms with E-state index in [9.17, 15) is 4.79 Å². The quantitative estimate of drug-likeness (QED) is 0.711. The first kappa shape index (κ1) is 22.7. The Bertz CT molecular complexity index is 896. The zero-order valence-corrected chi connectivity index (χ0v) is 19.1. The average Bonchev–Trinajstić information content (AvgIpc) is 2.70. The van der Waals surface area contributed by atoms with E-state index in [1.807, 2.05) is 70.2 Å². The van der Waals surface area contributed by atoms with Crippen LogP contribution in [0.5, 0.6) is 11.5 Å². The number of ether oxygens (including phenoxy) is 3. The molecule has 3 rings (SSSR count). The van der Waals surface area contributed by atoms with Crippen molar-refractivity contribution >= 4 is 17.5 Å². The fourth-order valence-electron chi connectivity index (χ4n) is 3.60. The van der Waals surface area contributed by atoms with Crippen LogP contribution in [0.1, 0.15) is 26.3 Å². The highest BCUT2D eigenvalue weighted by Gasteiger charge is 2.28. The van der Waals surface area contributed by atoms with E-state index >= 15 is 0 Å². The van der Waals surface area contributed by atoms with E-state index in [-0.39, 0.29) is 12.2 Å². The van der Waals surface area contributed by atoms with Crippen LogP contribution < -0.4 is 15.4 Å². The van der Waals surface area contributed by atoms with Gasteiger partial charge in [-0.25, -0.2) is 4.79 Å². The lowest BCUT2D eigenvalue weighted by Gasteiger charge is -2.37. The molecule has 0 aliphatic carbocycles. The molecule has 1 amide bonds. The van der Waals surface area contributed by atoms with Gasteiger partial charge in [0.05, 0.1) is 30.6 Å². The summed E-state index contributed by atoms with van der Waals surface area (Å²) in [6.07, 6.45) is -0.508. The number of nitrogen functional groups attached to an aromatic ring is 1. The second-order valence-electron chi connectivity index (χ2n) is 8.84. The van der Waals surface area contributed by atoms with Gasteiger partial charge in [0.1, 0.15) is 17.1 Å². The molecule has 168 valence electrons. The lowest BCUT2D eigenvalue weighted by atomic mass is 10.1. The van der Waals surface area contributed by atoms with E-state index in [4.69, 9.17) is 19.9 Å². The fraction of sp³-hybridized carbons (Fsp3) is 0.458. The van der Waals surface area contributed by atoms with E-state index in [2.05, 4.69) is 4.90 Å². The highest BCUT2D eigenvalue weighted by atomic mass is 16.6. The summed E-state index contributed by atoms with van der Waals surface area (Å²) in [7, 11) is 1.73. The third kappa shape index (κ3) is 6.04.